The Bertz CT molecular complexity index is 518. The minimum absolute atomic E-state index is 0.00799. The Kier molecular flexibility index (Phi) is 4.62. The van der Waals surface area contributed by atoms with Crippen LogP contribution in [0.15, 0.2) is 54.6 Å². The maximum Gasteiger partial charge on any atom is 0.0408 e. The second kappa shape index (κ2) is 6.23. The molecule has 100 valence electrons. The van der Waals surface area contributed by atoms with Gasteiger partial charge in [0.1, 0.15) is 0 Å². The zero-order valence-electron chi connectivity index (χ0n) is 11.3. The van der Waals surface area contributed by atoms with E-state index in [0.717, 1.165) is 17.9 Å². The van der Waals surface area contributed by atoms with Crippen molar-refractivity contribution in [1.29, 1.82) is 0 Å². The molecule has 0 saturated carbocycles. The van der Waals surface area contributed by atoms with E-state index in [2.05, 4.69) is 37.3 Å². The highest BCUT2D eigenvalue weighted by atomic mass is 35.5. The minimum atomic E-state index is -0.00799. The van der Waals surface area contributed by atoms with Crippen LogP contribution >= 0.6 is 11.6 Å². The molecule has 2 N–H and O–H groups in total. The topological polar surface area (TPSA) is 26.0 Å². The van der Waals surface area contributed by atoms with E-state index in [1.807, 2.05) is 24.3 Å². The van der Waals surface area contributed by atoms with E-state index in [1.165, 1.54) is 11.1 Å². The summed E-state index contributed by atoms with van der Waals surface area (Å²) in [6.07, 6.45) is 1.94. The summed E-state index contributed by atoms with van der Waals surface area (Å²) in [5.74, 6) is 0. The lowest BCUT2D eigenvalue weighted by Crippen LogP contribution is -2.36. The zero-order chi connectivity index (χ0) is 13.7. The first-order valence-electron chi connectivity index (χ1n) is 6.70. The Labute approximate surface area is 120 Å². The third-order valence-electron chi connectivity index (χ3n) is 3.89. The van der Waals surface area contributed by atoms with Gasteiger partial charge < -0.3 is 5.73 Å². The third kappa shape index (κ3) is 3.17. The molecule has 0 spiro atoms. The predicted molar refractivity (Wildman–Crippen MR) is 82.6 cm³/mol. The SMILES string of the molecule is CCC(CN)(Cc1cccc(Cl)c1)c1ccccc1. The molecule has 1 unspecified atom stereocenters. The van der Waals surface area contributed by atoms with Gasteiger partial charge >= 0.3 is 0 Å². The second-order valence-corrected chi connectivity index (χ2v) is 5.45. The molecule has 19 heavy (non-hydrogen) atoms. The Morgan fingerprint density at radius 2 is 1.79 bits per heavy atom. The second-order valence-electron chi connectivity index (χ2n) is 5.01. The predicted octanol–water partition coefficient (Wildman–Crippen LogP) is 4.19. The Balaban J connectivity index is 2.35. The lowest BCUT2D eigenvalue weighted by Gasteiger charge is -2.32. The van der Waals surface area contributed by atoms with Crippen LogP contribution in [-0.2, 0) is 11.8 Å². The number of hydrogen-bond donors (Lipinski definition) is 1. The first-order valence-corrected chi connectivity index (χ1v) is 7.08. The fourth-order valence-corrected chi connectivity index (χ4v) is 2.81. The van der Waals surface area contributed by atoms with E-state index in [0.29, 0.717) is 6.54 Å². The number of halogens is 1. The van der Waals surface area contributed by atoms with E-state index in [4.69, 9.17) is 17.3 Å². The van der Waals surface area contributed by atoms with Crippen LogP contribution in [0.5, 0.6) is 0 Å². The van der Waals surface area contributed by atoms with Crippen molar-refractivity contribution < 1.29 is 0 Å². The molecule has 0 aliphatic heterocycles. The van der Waals surface area contributed by atoms with Crippen LogP contribution in [0.2, 0.25) is 5.02 Å². The summed E-state index contributed by atoms with van der Waals surface area (Å²) in [7, 11) is 0. The van der Waals surface area contributed by atoms with Crippen LogP contribution in [-0.4, -0.2) is 6.54 Å². The summed E-state index contributed by atoms with van der Waals surface area (Å²) >= 11 is 6.07. The van der Waals surface area contributed by atoms with Gasteiger partial charge in [0.15, 0.2) is 0 Å². The summed E-state index contributed by atoms with van der Waals surface area (Å²) < 4.78 is 0. The summed E-state index contributed by atoms with van der Waals surface area (Å²) in [4.78, 5) is 0. The van der Waals surface area contributed by atoms with Crippen molar-refractivity contribution in [1.82, 2.24) is 0 Å². The standard InChI is InChI=1S/C17H20ClN/c1-2-17(13-19,15-8-4-3-5-9-15)12-14-7-6-10-16(18)11-14/h3-11H,2,12-13,19H2,1H3. The lowest BCUT2D eigenvalue weighted by molar-refractivity contribution is 0.418. The van der Waals surface area contributed by atoms with Gasteiger partial charge in [-0.2, -0.15) is 0 Å². The monoisotopic (exact) mass is 273 g/mol. The highest BCUT2D eigenvalue weighted by Gasteiger charge is 2.28. The minimum Gasteiger partial charge on any atom is -0.330 e. The molecule has 1 atom stereocenters. The average molecular weight is 274 g/mol. The normalized spacial score (nSPS) is 14.1. The largest absolute Gasteiger partial charge is 0.330 e. The number of hydrogen-bond acceptors (Lipinski definition) is 1. The number of nitrogens with two attached hydrogens (primary N) is 1. The fourth-order valence-electron chi connectivity index (χ4n) is 2.59. The third-order valence-corrected chi connectivity index (χ3v) is 4.12. The maximum atomic E-state index is 6.10. The molecule has 0 amide bonds. The van der Waals surface area contributed by atoms with Gasteiger partial charge in [-0.15, -0.1) is 0 Å². The summed E-state index contributed by atoms with van der Waals surface area (Å²) in [5, 5.41) is 0.785. The zero-order valence-corrected chi connectivity index (χ0v) is 12.0. The highest BCUT2D eigenvalue weighted by Crippen LogP contribution is 2.31. The van der Waals surface area contributed by atoms with E-state index < -0.39 is 0 Å². The van der Waals surface area contributed by atoms with Gasteiger partial charge in [-0.3, -0.25) is 0 Å². The molecule has 0 radical (unpaired) electrons. The number of benzene rings is 2. The molecule has 0 fully saturated rings. The average Bonchev–Trinajstić information content (AvgIpc) is 2.46. The molecule has 0 aliphatic rings. The van der Waals surface area contributed by atoms with Gasteiger partial charge in [-0.05, 0) is 36.1 Å². The molecule has 2 aromatic carbocycles. The van der Waals surface area contributed by atoms with Crippen LogP contribution in [0.3, 0.4) is 0 Å². The number of rotatable bonds is 5. The molecule has 0 heterocycles. The molecule has 2 aromatic rings. The van der Waals surface area contributed by atoms with Gasteiger partial charge in [0.05, 0.1) is 0 Å². The first-order chi connectivity index (χ1) is 9.20. The van der Waals surface area contributed by atoms with E-state index in [-0.39, 0.29) is 5.41 Å². The van der Waals surface area contributed by atoms with Gasteiger partial charge in [0.2, 0.25) is 0 Å². The molecule has 0 saturated heterocycles. The summed E-state index contributed by atoms with van der Waals surface area (Å²) in [6.45, 7) is 2.84. The van der Waals surface area contributed by atoms with E-state index >= 15 is 0 Å². The van der Waals surface area contributed by atoms with Crippen molar-refractivity contribution in [2.45, 2.75) is 25.2 Å². The highest BCUT2D eigenvalue weighted by molar-refractivity contribution is 6.30. The lowest BCUT2D eigenvalue weighted by atomic mass is 9.73. The Hall–Kier alpha value is -1.31. The van der Waals surface area contributed by atoms with Gasteiger partial charge in [-0.1, -0.05) is 61.0 Å². The van der Waals surface area contributed by atoms with Crippen LogP contribution in [0.25, 0.3) is 0 Å². The van der Waals surface area contributed by atoms with E-state index in [9.17, 15) is 0 Å². The first kappa shape index (κ1) is 14.1. The van der Waals surface area contributed by atoms with Crippen LogP contribution in [0.4, 0.5) is 0 Å². The van der Waals surface area contributed by atoms with Gasteiger partial charge in [-0.25, -0.2) is 0 Å². The molecule has 0 bridgehead atoms. The van der Waals surface area contributed by atoms with Crippen molar-refractivity contribution in [2.75, 3.05) is 6.54 Å². The van der Waals surface area contributed by atoms with Crippen molar-refractivity contribution in [3.8, 4) is 0 Å². The molecule has 1 nitrogen and oxygen atoms in total. The quantitative estimate of drug-likeness (QED) is 0.869. The Morgan fingerprint density at radius 3 is 2.37 bits per heavy atom. The van der Waals surface area contributed by atoms with Crippen molar-refractivity contribution in [2.24, 2.45) is 5.73 Å². The van der Waals surface area contributed by atoms with Gasteiger partial charge in [0.25, 0.3) is 0 Å². The smallest absolute Gasteiger partial charge is 0.0408 e. The van der Waals surface area contributed by atoms with Crippen LogP contribution < -0.4 is 5.73 Å². The van der Waals surface area contributed by atoms with Crippen molar-refractivity contribution in [3.05, 3.63) is 70.7 Å². The van der Waals surface area contributed by atoms with Gasteiger partial charge in [0, 0.05) is 17.0 Å². The summed E-state index contributed by atoms with van der Waals surface area (Å²) in [5.41, 5.74) is 8.64. The molecule has 2 rings (SSSR count). The van der Waals surface area contributed by atoms with Crippen molar-refractivity contribution >= 4 is 11.6 Å². The molecular weight excluding hydrogens is 254 g/mol. The van der Waals surface area contributed by atoms with Crippen LogP contribution in [0.1, 0.15) is 24.5 Å². The maximum absolute atomic E-state index is 6.10. The molecular formula is C17H20ClN. The van der Waals surface area contributed by atoms with Crippen molar-refractivity contribution in [3.63, 3.8) is 0 Å². The summed E-state index contributed by atoms with van der Waals surface area (Å²) in [6, 6.07) is 18.6. The Morgan fingerprint density at radius 1 is 1.05 bits per heavy atom. The molecule has 0 aromatic heterocycles. The van der Waals surface area contributed by atoms with E-state index in [1.54, 1.807) is 0 Å². The fraction of sp³-hybridized carbons (Fsp3) is 0.294. The molecule has 0 aliphatic carbocycles. The van der Waals surface area contributed by atoms with Crippen LogP contribution in [0, 0.1) is 0 Å². The molecule has 2 heteroatoms.